The Kier molecular flexibility index (Phi) is 7.02. The van der Waals surface area contributed by atoms with Gasteiger partial charge in [0.25, 0.3) is 0 Å². The van der Waals surface area contributed by atoms with Crippen molar-refractivity contribution < 1.29 is 18.8 Å². The predicted molar refractivity (Wildman–Crippen MR) is 123 cm³/mol. The highest BCUT2D eigenvalue weighted by atomic mass is 16.5. The highest BCUT2D eigenvalue weighted by Crippen LogP contribution is 2.38. The molecule has 2 amide bonds. The molecule has 1 fully saturated rings. The highest BCUT2D eigenvalue weighted by Gasteiger charge is 2.42. The van der Waals surface area contributed by atoms with E-state index in [0.717, 1.165) is 16.9 Å². The summed E-state index contributed by atoms with van der Waals surface area (Å²) in [5, 5.41) is 9.93. The van der Waals surface area contributed by atoms with E-state index in [1.807, 2.05) is 54.6 Å². The second kappa shape index (κ2) is 10.3. The van der Waals surface area contributed by atoms with Gasteiger partial charge in [-0.1, -0.05) is 47.6 Å². The number of aryl methyl sites for hydroxylation is 1. The quantitative estimate of drug-likeness (QED) is 0.549. The Morgan fingerprint density at radius 2 is 1.85 bits per heavy atom. The minimum absolute atomic E-state index is 0.0437. The largest absolute Gasteiger partial charge is 0.497 e. The van der Waals surface area contributed by atoms with Gasteiger partial charge in [0.05, 0.1) is 13.0 Å². The van der Waals surface area contributed by atoms with E-state index < -0.39 is 0 Å². The first kappa shape index (κ1) is 22.5. The molecule has 1 aliphatic rings. The lowest BCUT2D eigenvalue weighted by Crippen LogP contribution is -2.37. The van der Waals surface area contributed by atoms with Crippen LogP contribution in [0, 0.1) is 5.92 Å². The van der Waals surface area contributed by atoms with E-state index in [0.29, 0.717) is 37.4 Å². The van der Waals surface area contributed by atoms with Crippen LogP contribution in [0.15, 0.2) is 59.1 Å². The molecule has 3 aromatic rings. The number of hydrogen-bond acceptors (Lipinski definition) is 6. The van der Waals surface area contributed by atoms with E-state index in [2.05, 4.69) is 20.8 Å². The second-order valence-electron chi connectivity index (χ2n) is 8.23. The first-order chi connectivity index (χ1) is 16.1. The van der Waals surface area contributed by atoms with Gasteiger partial charge in [0.1, 0.15) is 5.75 Å². The first-order valence-corrected chi connectivity index (χ1v) is 11.1. The van der Waals surface area contributed by atoms with E-state index in [1.54, 1.807) is 14.2 Å². The van der Waals surface area contributed by atoms with Crippen molar-refractivity contribution in [2.45, 2.75) is 37.6 Å². The van der Waals surface area contributed by atoms with Crippen molar-refractivity contribution >= 4 is 11.8 Å². The molecule has 1 aliphatic carbocycles. The van der Waals surface area contributed by atoms with Crippen LogP contribution < -0.4 is 15.4 Å². The average Bonchev–Trinajstić information content (AvgIpc) is 3.50. The smallest absolute Gasteiger partial charge is 0.232 e. The van der Waals surface area contributed by atoms with Crippen molar-refractivity contribution in [3.8, 4) is 17.1 Å². The molecule has 8 nitrogen and oxygen atoms in total. The number of nitrogens with zero attached hydrogens (tertiary/aromatic N) is 2. The van der Waals surface area contributed by atoms with E-state index in [4.69, 9.17) is 9.26 Å². The molecular formula is C25H28N4O4. The Labute approximate surface area is 192 Å². The highest BCUT2D eigenvalue weighted by molar-refractivity contribution is 5.80. The van der Waals surface area contributed by atoms with E-state index in [9.17, 15) is 9.59 Å². The van der Waals surface area contributed by atoms with Crippen LogP contribution in [0.1, 0.15) is 36.6 Å². The van der Waals surface area contributed by atoms with E-state index in [1.165, 1.54) is 0 Å². The molecule has 0 saturated heterocycles. The molecule has 1 saturated carbocycles. The molecular weight excluding hydrogens is 420 g/mol. The van der Waals surface area contributed by atoms with Gasteiger partial charge in [0, 0.05) is 31.0 Å². The van der Waals surface area contributed by atoms with Crippen molar-refractivity contribution in [3.05, 3.63) is 66.1 Å². The Morgan fingerprint density at radius 1 is 1.09 bits per heavy atom. The number of benzene rings is 2. The van der Waals surface area contributed by atoms with Crippen molar-refractivity contribution in [1.29, 1.82) is 0 Å². The number of carbonyl (C=O) groups is 2. The van der Waals surface area contributed by atoms with Gasteiger partial charge >= 0.3 is 0 Å². The van der Waals surface area contributed by atoms with Gasteiger partial charge in [0.15, 0.2) is 0 Å². The number of aromatic nitrogens is 2. The van der Waals surface area contributed by atoms with Crippen LogP contribution in [0.5, 0.6) is 5.75 Å². The molecule has 1 aromatic heterocycles. The molecule has 2 N–H and O–H groups in total. The average molecular weight is 449 g/mol. The number of rotatable bonds is 8. The molecule has 0 radical (unpaired) electrons. The SMILES string of the molecule is CNC(=O)C1CC(NC(=O)CCc2ccc(OC)cc2)C(c2nc(-c3ccccc3)no2)C1. The summed E-state index contributed by atoms with van der Waals surface area (Å²) < 4.78 is 10.7. The zero-order valence-corrected chi connectivity index (χ0v) is 18.8. The summed E-state index contributed by atoms with van der Waals surface area (Å²) in [5.74, 6) is 1.17. The molecule has 4 rings (SSSR count). The van der Waals surface area contributed by atoms with Crippen molar-refractivity contribution in [3.63, 3.8) is 0 Å². The van der Waals surface area contributed by atoms with Gasteiger partial charge in [-0.2, -0.15) is 4.98 Å². The summed E-state index contributed by atoms with van der Waals surface area (Å²) in [6.45, 7) is 0. The fraction of sp³-hybridized carbons (Fsp3) is 0.360. The normalized spacial score (nSPS) is 19.8. The lowest BCUT2D eigenvalue weighted by Gasteiger charge is -2.18. The van der Waals surface area contributed by atoms with Gasteiger partial charge < -0.3 is 19.9 Å². The molecule has 0 bridgehead atoms. The van der Waals surface area contributed by atoms with Crippen LogP contribution in [0.25, 0.3) is 11.4 Å². The van der Waals surface area contributed by atoms with Crippen LogP contribution in [-0.2, 0) is 16.0 Å². The third-order valence-corrected chi connectivity index (χ3v) is 6.12. The Morgan fingerprint density at radius 3 is 2.55 bits per heavy atom. The third kappa shape index (κ3) is 5.39. The van der Waals surface area contributed by atoms with Crippen LogP contribution in [-0.4, -0.2) is 42.2 Å². The van der Waals surface area contributed by atoms with E-state index >= 15 is 0 Å². The molecule has 172 valence electrons. The molecule has 0 spiro atoms. The number of ether oxygens (including phenoxy) is 1. The van der Waals surface area contributed by atoms with Crippen LogP contribution in [0.4, 0.5) is 0 Å². The van der Waals surface area contributed by atoms with Crippen LogP contribution in [0.2, 0.25) is 0 Å². The zero-order valence-electron chi connectivity index (χ0n) is 18.8. The third-order valence-electron chi connectivity index (χ3n) is 6.12. The molecule has 3 unspecified atom stereocenters. The molecule has 1 heterocycles. The van der Waals surface area contributed by atoms with Crippen LogP contribution >= 0.6 is 0 Å². The summed E-state index contributed by atoms with van der Waals surface area (Å²) in [6.07, 6.45) is 2.03. The molecule has 0 aliphatic heterocycles. The van der Waals surface area contributed by atoms with Crippen molar-refractivity contribution in [2.75, 3.05) is 14.2 Å². The van der Waals surface area contributed by atoms with Gasteiger partial charge in [-0.05, 0) is 37.0 Å². The Hall–Kier alpha value is -3.68. The fourth-order valence-electron chi connectivity index (χ4n) is 4.31. The number of nitrogens with one attached hydrogen (secondary N) is 2. The first-order valence-electron chi connectivity index (χ1n) is 11.1. The Balaban J connectivity index is 1.44. The molecule has 2 aromatic carbocycles. The van der Waals surface area contributed by atoms with Gasteiger partial charge in [-0.25, -0.2) is 0 Å². The van der Waals surface area contributed by atoms with Crippen LogP contribution in [0.3, 0.4) is 0 Å². The summed E-state index contributed by atoms with van der Waals surface area (Å²) in [7, 11) is 3.25. The summed E-state index contributed by atoms with van der Waals surface area (Å²) >= 11 is 0. The maximum atomic E-state index is 12.7. The lowest BCUT2D eigenvalue weighted by atomic mass is 10.0. The van der Waals surface area contributed by atoms with E-state index in [-0.39, 0.29) is 29.7 Å². The molecule has 33 heavy (non-hydrogen) atoms. The van der Waals surface area contributed by atoms with Gasteiger partial charge in [-0.3, -0.25) is 9.59 Å². The van der Waals surface area contributed by atoms with Gasteiger partial charge in [-0.15, -0.1) is 0 Å². The standard InChI is InChI=1S/C25H28N4O4/c1-26-24(31)18-14-20(25-28-23(29-33-25)17-6-4-3-5-7-17)21(15-18)27-22(30)13-10-16-8-11-19(32-2)12-9-16/h3-9,11-12,18,20-21H,10,13-15H2,1-2H3,(H,26,31)(H,27,30). The maximum Gasteiger partial charge on any atom is 0.232 e. The summed E-state index contributed by atoms with van der Waals surface area (Å²) in [4.78, 5) is 29.6. The predicted octanol–water partition coefficient (Wildman–Crippen LogP) is 3.10. The fourth-order valence-corrected chi connectivity index (χ4v) is 4.31. The van der Waals surface area contributed by atoms with Crippen molar-refractivity contribution in [2.24, 2.45) is 5.92 Å². The number of amides is 2. The van der Waals surface area contributed by atoms with Crippen molar-refractivity contribution in [1.82, 2.24) is 20.8 Å². The number of carbonyl (C=O) groups excluding carboxylic acids is 2. The number of hydrogen-bond donors (Lipinski definition) is 2. The lowest BCUT2D eigenvalue weighted by molar-refractivity contribution is -0.125. The zero-order chi connectivity index (χ0) is 23.2. The minimum Gasteiger partial charge on any atom is -0.497 e. The molecule has 8 heteroatoms. The topological polar surface area (TPSA) is 106 Å². The number of methoxy groups -OCH3 is 1. The monoisotopic (exact) mass is 448 g/mol. The summed E-state index contributed by atoms with van der Waals surface area (Å²) in [6, 6.07) is 17.0. The second-order valence-corrected chi connectivity index (χ2v) is 8.23. The minimum atomic E-state index is -0.250. The van der Waals surface area contributed by atoms with Gasteiger partial charge in [0.2, 0.25) is 23.5 Å². The maximum absolute atomic E-state index is 12.7. The Bertz CT molecular complexity index is 1080. The molecule has 3 atom stereocenters. The summed E-state index contributed by atoms with van der Waals surface area (Å²) in [5.41, 5.74) is 1.91.